The third-order valence-corrected chi connectivity index (χ3v) is 3.81. The van der Waals surface area contributed by atoms with Crippen LogP contribution in [-0.4, -0.2) is 25.3 Å². The Kier molecular flexibility index (Phi) is 5.02. The van der Waals surface area contributed by atoms with E-state index in [0.29, 0.717) is 0 Å². The van der Waals surface area contributed by atoms with Gasteiger partial charge in [0.15, 0.2) is 0 Å². The van der Waals surface area contributed by atoms with Crippen molar-refractivity contribution in [3.05, 3.63) is 29.8 Å². The van der Waals surface area contributed by atoms with Crippen LogP contribution in [0.2, 0.25) is 0 Å². The predicted octanol–water partition coefficient (Wildman–Crippen LogP) is 2.51. The minimum Gasteiger partial charge on any atom is -0.497 e. The summed E-state index contributed by atoms with van der Waals surface area (Å²) in [6.07, 6.45) is 4.13. The molecule has 1 unspecified atom stereocenters. The number of methoxy groups -OCH3 is 1. The highest BCUT2D eigenvalue weighted by Crippen LogP contribution is 2.26. The number of aliphatic hydroxyl groups is 1. The molecule has 0 amide bonds. The van der Waals surface area contributed by atoms with E-state index in [0.717, 1.165) is 43.2 Å². The normalized spacial score (nSPS) is 18.6. The average molecular weight is 249 g/mol. The molecule has 0 saturated carbocycles. The second-order valence-corrected chi connectivity index (χ2v) is 5.06. The first-order chi connectivity index (χ1) is 8.79. The molecule has 1 aliphatic heterocycles. The van der Waals surface area contributed by atoms with E-state index in [2.05, 4.69) is 5.32 Å². The number of aliphatic hydroxyl groups excluding tert-OH is 1. The van der Waals surface area contributed by atoms with E-state index in [1.807, 2.05) is 24.3 Å². The van der Waals surface area contributed by atoms with E-state index in [-0.39, 0.29) is 6.10 Å². The van der Waals surface area contributed by atoms with Crippen molar-refractivity contribution in [2.75, 3.05) is 20.2 Å². The van der Waals surface area contributed by atoms with Gasteiger partial charge in [-0.25, -0.2) is 0 Å². The molecule has 2 N–H and O–H groups in total. The maximum absolute atomic E-state index is 10.2. The van der Waals surface area contributed by atoms with Gasteiger partial charge in [0.25, 0.3) is 0 Å². The quantitative estimate of drug-likeness (QED) is 0.842. The van der Waals surface area contributed by atoms with Crippen LogP contribution in [0, 0.1) is 5.92 Å². The van der Waals surface area contributed by atoms with Crippen LogP contribution in [0.5, 0.6) is 5.75 Å². The lowest BCUT2D eigenvalue weighted by molar-refractivity contribution is 0.152. The largest absolute Gasteiger partial charge is 0.497 e. The first kappa shape index (κ1) is 13.4. The van der Waals surface area contributed by atoms with E-state index in [1.54, 1.807) is 7.11 Å². The molecular weight excluding hydrogens is 226 g/mol. The van der Waals surface area contributed by atoms with Crippen LogP contribution < -0.4 is 10.1 Å². The lowest BCUT2D eigenvalue weighted by Gasteiger charge is -2.23. The van der Waals surface area contributed by atoms with Gasteiger partial charge in [-0.3, -0.25) is 0 Å². The summed E-state index contributed by atoms with van der Waals surface area (Å²) >= 11 is 0. The first-order valence-corrected chi connectivity index (χ1v) is 6.82. The van der Waals surface area contributed by atoms with Gasteiger partial charge in [0, 0.05) is 0 Å². The Bertz CT molecular complexity index is 344. The number of hydrogen-bond acceptors (Lipinski definition) is 3. The highest BCUT2D eigenvalue weighted by molar-refractivity contribution is 5.28. The van der Waals surface area contributed by atoms with Crippen LogP contribution in [0.15, 0.2) is 24.3 Å². The molecule has 100 valence electrons. The molecule has 1 heterocycles. The zero-order valence-electron chi connectivity index (χ0n) is 11.1. The lowest BCUT2D eigenvalue weighted by atomic mass is 9.91. The van der Waals surface area contributed by atoms with Crippen molar-refractivity contribution in [2.45, 2.75) is 31.8 Å². The van der Waals surface area contributed by atoms with Crippen LogP contribution in [0.4, 0.5) is 0 Å². The SMILES string of the molecule is COc1ccc(C(O)CCC2CCNCC2)cc1. The summed E-state index contributed by atoms with van der Waals surface area (Å²) in [5, 5.41) is 13.5. The zero-order chi connectivity index (χ0) is 12.8. The molecule has 1 atom stereocenters. The van der Waals surface area contributed by atoms with Crippen LogP contribution >= 0.6 is 0 Å². The van der Waals surface area contributed by atoms with E-state index in [4.69, 9.17) is 4.74 Å². The number of ether oxygens (including phenoxy) is 1. The Labute approximate surface area is 109 Å². The van der Waals surface area contributed by atoms with Crippen molar-refractivity contribution in [3.63, 3.8) is 0 Å². The topological polar surface area (TPSA) is 41.5 Å². The third kappa shape index (κ3) is 3.72. The summed E-state index contributed by atoms with van der Waals surface area (Å²) in [6, 6.07) is 7.71. The van der Waals surface area contributed by atoms with Gasteiger partial charge in [-0.05, 0) is 62.4 Å². The smallest absolute Gasteiger partial charge is 0.118 e. The van der Waals surface area contributed by atoms with E-state index >= 15 is 0 Å². The van der Waals surface area contributed by atoms with Gasteiger partial charge >= 0.3 is 0 Å². The lowest BCUT2D eigenvalue weighted by Crippen LogP contribution is -2.27. The van der Waals surface area contributed by atoms with Crippen LogP contribution in [0.1, 0.15) is 37.4 Å². The summed E-state index contributed by atoms with van der Waals surface area (Å²) < 4.78 is 5.12. The summed E-state index contributed by atoms with van der Waals surface area (Å²) in [5.41, 5.74) is 0.990. The van der Waals surface area contributed by atoms with Crippen molar-refractivity contribution in [1.82, 2.24) is 5.32 Å². The molecule has 0 radical (unpaired) electrons. The molecule has 0 spiro atoms. The fraction of sp³-hybridized carbons (Fsp3) is 0.600. The highest BCUT2D eigenvalue weighted by Gasteiger charge is 2.15. The standard InChI is InChI=1S/C15H23NO2/c1-18-14-5-3-13(4-6-14)15(17)7-2-12-8-10-16-11-9-12/h3-6,12,15-17H,2,7-11H2,1H3. The van der Waals surface area contributed by atoms with Crippen molar-refractivity contribution < 1.29 is 9.84 Å². The average Bonchev–Trinajstić information content (AvgIpc) is 2.46. The third-order valence-electron chi connectivity index (χ3n) is 3.81. The molecule has 1 saturated heterocycles. The van der Waals surface area contributed by atoms with E-state index in [1.165, 1.54) is 12.8 Å². The van der Waals surface area contributed by atoms with Gasteiger partial charge in [0.2, 0.25) is 0 Å². The van der Waals surface area contributed by atoms with Crippen molar-refractivity contribution in [2.24, 2.45) is 5.92 Å². The molecule has 1 aromatic rings. The predicted molar refractivity (Wildman–Crippen MR) is 72.8 cm³/mol. The number of nitrogens with one attached hydrogen (secondary N) is 1. The van der Waals surface area contributed by atoms with E-state index in [9.17, 15) is 5.11 Å². The monoisotopic (exact) mass is 249 g/mol. The second kappa shape index (κ2) is 6.76. The zero-order valence-corrected chi connectivity index (χ0v) is 11.1. The Hall–Kier alpha value is -1.06. The molecule has 3 heteroatoms. The van der Waals surface area contributed by atoms with Crippen LogP contribution in [0.3, 0.4) is 0 Å². The molecule has 0 bridgehead atoms. The number of piperidine rings is 1. The van der Waals surface area contributed by atoms with Crippen molar-refractivity contribution in [3.8, 4) is 5.75 Å². The van der Waals surface area contributed by atoms with E-state index < -0.39 is 0 Å². The number of hydrogen-bond donors (Lipinski definition) is 2. The number of rotatable bonds is 5. The fourth-order valence-electron chi connectivity index (χ4n) is 2.56. The fourth-order valence-corrected chi connectivity index (χ4v) is 2.56. The molecule has 18 heavy (non-hydrogen) atoms. The van der Waals surface area contributed by atoms with Gasteiger partial charge in [-0.1, -0.05) is 12.1 Å². The van der Waals surface area contributed by atoms with Gasteiger partial charge in [0.05, 0.1) is 13.2 Å². The van der Waals surface area contributed by atoms with Gasteiger partial charge in [0.1, 0.15) is 5.75 Å². The highest BCUT2D eigenvalue weighted by atomic mass is 16.5. The maximum atomic E-state index is 10.2. The first-order valence-electron chi connectivity index (χ1n) is 6.82. The van der Waals surface area contributed by atoms with Crippen LogP contribution in [-0.2, 0) is 0 Å². The van der Waals surface area contributed by atoms with Gasteiger partial charge in [-0.15, -0.1) is 0 Å². The Balaban J connectivity index is 1.80. The van der Waals surface area contributed by atoms with Crippen molar-refractivity contribution >= 4 is 0 Å². The molecule has 1 aliphatic rings. The van der Waals surface area contributed by atoms with Crippen LogP contribution in [0.25, 0.3) is 0 Å². The molecule has 3 nitrogen and oxygen atoms in total. The molecule has 2 rings (SSSR count). The van der Waals surface area contributed by atoms with Crippen molar-refractivity contribution in [1.29, 1.82) is 0 Å². The minimum atomic E-state index is -0.342. The number of benzene rings is 1. The minimum absolute atomic E-state index is 0.342. The summed E-state index contributed by atoms with van der Waals surface area (Å²) in [4.78, 5) is 0. The summed E-state index contributed by atoms with van der Waals surface area (Å²) in [7, 11) is 1.66. The molecule has 1 fully saturated rings. The molecule has 0 aliphatic carbocycles. The van der Waals surface area contributed by atoms with Gasteiger partial charge < -0.3 is 15.2 Å². The Morgan fingerprint density at radius 2 is 1.94 bits per heavy atom. The molecular formula is C15H23NO2. The second-order valence-electron chi connectivity index (χ2n) is 5.06. The maximum Gasteiger partial charge on any atom is 0.118 e. The Morgan fingerprint density at radius 1 is 1.28 bits per heavy atom. The summed E-state index contributed by atoms with van der Waals surface area (Å²) in [5.74, 6) is 1.61. The molecule has 1 aromatic carbocycles. The molecule has 0 aromatic heterocycles. The van der Waals surface area contributed by atoms with Gasteiger partial charge in [-0.2, -0.15) is 0 Å². The Morgan fingerprint density at radius 3 is 2.56 bits per heavy atom. The summed E-state index contributed by atoms with van der Waals surface area (Å²) in [6.45, 7) is 2.26.